The molecule has 0 aromatic rings. The van der Waals surface area contributed by atoms with Crippen molar-refractivity contribution in [2.75, 3.05) is 13.7 Å². The SMILES string of the molecule is C#C/C=C\CCOC. The van der Waals surface area contributed by atoms with Crippen molar-refractivity contribution in [3.63, 3.8) is 0 Å². The summed E-state index contributed by atoms with van der Waals surface area (Å²) in [6, 6.07) is 0. The third-order valence-electron chi connectivity index (χ3n) is 0.703. The van der Waals surface area contributed by atoms with Gasteiger partial charge in [-0.15, -0.1) is 6.42 Å². The lowest BCUT2D eigenvalue weighted by atomic mass is 10.4. The van der Waals surface area contributed by atoms with E-state index in [0.29, 0.717) is 0 Å². The van der Waals surface area contributed by atoms with Crippen molar-refractivity contribution in [3.8, 4) is 12.3 Å². The van der Waals surface area contributed by atoms with E-state index in [-0.39, 0.29) is 0 Å². The number of methoxy groups -OCH3 is 1. The Hall–Kier alpha value is -0.740. The zero-order valence-corrected chi connectivity index (χ0v) is 5.05. The molecule has 0 spiro atoms. The largest absolute Gasteiger partial charge is 0.384 e. The summed E-state index contributed by atoms with van der Waals surface area (Å²) in [7, 11) is 1.67. The van der Waals surface area contributed by atoms with Crippen LogP contribution in [0, 0.1) is 12.3 Å². The molecule has 1 nitrogen and oxygen atoms in total. The molecule has 0 bridgehead atoms. The highest BCUT2D eigenvalue weighted by atomic mass is 16.5. The van der Waals surface area contributed by atoms with Crippen LogP contribution in [0.2, 0.25) is 0 Å². The fourth-order valence-electron chi connectivity index (χ4n) is 0.337. The molecule has 0 N–H and O–H groups in total. The smallest absolute Gasteiger partial charge is 0.0497 e. The first-order valence-electron chi connectivity index (χ1n) is 2.52. The van der Waals surface area contributed by atoms with Gasteiger partial charge in [0, 0.05) is 13.7 Å². The molecule has 0 rings (SSSR count). The molecule has 0 fully saturated rings. The van der Waals surface area contributed by atoms with Gasteiger partial charge in [-0.3, -0.25) is 0 Å². The maximum atomic E-state index is 4.93. The van der Waals surface area contributed by atoms with Crippen LogP contribution in [-0.2, 0) is 4.74 Å². The van der Waals surface area contributed by atoms with Crippen molar-refractivity contribution < 1.29 is 4.74 Å². The zero-order chi connectivity index (χ0) is 6.24. The van der Waals surface area contributed by atoms with Gasteiger partial charge in [0.2, 0.25) is 0 Å². The highest BCUT2D eigenvalue weighted by Gasteiger charge is 1.72. The predicted molar refractivity (Wildman–Crippen MR) is 34.5 cm³/mol. The maximum absolute atomic E-state index is 4.93. The molecule has 0 aliphatic rings. The summed E-state index contributed by atoms with van der Waals surface area (Å²) in [6.45, 7) is 0.748. The first-order valence-corrected chi connectivity index (χ1v) is 2.52. The average molecular weight is 110 g/mol. The number of hydrogen-bond acceptors (Lipinski definition) is 1. The summed E-state index contributed by atoms with van der Waals surface area (Å²) >= 11 is 0. The van der Waals surface area contributed by atoms with Crippen LogP contribution >= 0.6 is 0 Å². The summed E-state index contributed by atoms with van der Waals surface area (Å²) in [4.78, 5) is 0. The molecule has 0 aliphatic carbocycles. The molecule has 0 amide bonds. The van der Waals surface area contributed by atoms with E-state index >= 15 is 0 Å². The molecule has 0 radical (unpaired) electrons. The normalized spacial score (nSPS) is 9.50. The van der Waals surface area contributed by atoms with Gasteiger partial charge in [0.15, 0.2) is 0 Å². The molecular formula is C7H10O. The van der Waals surface area contributed by atoms with Gasteiger partial charge in [-0.25, -0.2) is 0 Å². The Labute approximate surface area is 50.4 Å². The molecule has 1 heteroatoms. The van der Waals surface area contributed by atoms with E-state index in [2.05, 4.69) is 5.92 Å². The second-order valence-electron chi connectivity index (χ2n) is 1.35. The lowest BCUT2D eigenvalue weighted by molar-refractivity contribution is 0.204. The minimum absolute atomic E-state index is 0.748. The average Bonchev–Trinajstić information content (AvgIpc) is 1.81. The molecule has 0 saturated heterocycles. The Morgan fingerprint density at radius 2 is 2.50 bits per heavy atom. The fraction of sp³-hybridized carbons (Fsp3) is 0.429. The molecule has 0 atom stereocenters. The van der Waals surface area contributed by atoms with Crippen molar-refractivity contribution in [1.82, 2.24) is 0 Å². The Morgan fingerprint density at radius 3 is 3.00 bits per heavy atom. The van der Waals surface area contributed by atoms with Crippen LogP contribution in [0.5, 0.6) is 0 Å². The fourth-order valence-corrected chi connectivity index (χ4v) is 0.337. The van der Waals surface area contributed by atoms with Crippen LogP contribution in [0.4, 0.5) is 0 Å². The van der Waals surface area contributed by atoms with E-state index in [0.717, 1.165) is 13.0 Å². The van der Waals surface area contributed by atoms with Crippen LogP contribution in [0.3, 0.4) is 0 Å². The number of rotatable bonds is 3. The molecular weight excluding hydrogens is 100 g/mol. The molecule has 0 aromatic carbocycles. The molecule has 0 saturated carbocycles. The van der Waals surface area contributed by atoms with Crippen LogP contribution in [0.15, 0.2) is 12.2 Å². The van der Waals surface area contributed by atoms with Crippen molar-refractivity contribution in [2.24, 2.45) is 0 Å². The molecule has 44 valence electrons. The van der Waals surface area contributed by atoms with E-state index in [1.54, 1.807) is 13.2 Å². The zero-order valence-electron chi connectivity index (χ0n) is 5.05. The van der Waals surface area contributed by atoms with E-state index in [1.165, 1.54) is 0 Å². The molecule has 0 heterocycles. The quantitative estimate of drug-likeness (QED) is 0.392. The van der Waals surface area contributed by atoms with Gasteiger partial charge in [-0.2, -0.15) is 0 Å². The summed E-state index contributed by atoms with van der Waals surface area (Å²) in [6.07, 6.45) is 9.42. The standard InChI is InChI=1S/C7H10O/c1-3-4-5-6-7-8-2/h1,4-5H,6-7H2,2H3/b5-4-. The second-order valence-corrected chi connectivity index (χ2v) is 1.35. The summed E-state index contributed by atoms with van der Waals surface area (Å²) in [5.74, 6) is 2.39. The predicted octanol–water partition coefficient (Wildman–Crippen LogP) is 1.21. The van der Waals surface area contributed by atoms with Crippen LogP contribution in [-0.4, -0.2) is 13.7 Å². The highest BCUT2D eigenvalue weighted by Crippen LogP contribution is 1.80. The Bertz CT molecular complexity index is 97.4. The van der Waals surface area contributed by atoms with E-state index < -0.39 is 0 Å². The van der Waals surface area contributed by atoms with Crippen LogP contribution < -0.4 is 0 Å². The molecule has 0 unspecified atom stereocenters. The van der Waals surface area contributed by atoms with E-state index in [4.69, 9.17) is 11.2 Å². The summed E-state index contributed by atoms with van der Waals surface area (Å²) in [5.41, 5.74) is 0. The van der Waals surface area contributed by atoms with Gasteiger partial charge in [-0.1, -0.05) is 12.0 Å². The van der Waals surface area contributed by atoms with Gasteiger partial charge < -0.3 is 4.74 Å². The minimum atomic E-state index is 0.748. The van der Waals surface area contributed by atoms with Gasteiger partial charge in [0.1, 0.15) is 0 Å². The number of ether oxygens (including phenoxy) is 1. The first kappa shape index (κ1) is 7.26. The monoisotopic (exact) mass is 110 g/mol. The Kier molecular flexibility index (Phi) is 5.68. The van der Waals surface area contributed by atoms with Crippen LogP contribution in [0.25, 0.3) is 0 Å². The second kappa shape index (κ2) is 6.26. The third kappa shape index (κ3) is 5.26. The number of terminal acetylenes is 1. The van der Waals surface area contributed by atoms with Crippen molar-refractivity contribution in [1.29, 1.82) is 0 Å². The number of hydrogen-bond donors (Lipinski definition) is 0. The first-order chi connectivity index (χ1) is 3.91. The lowest BCUT2D eigenvalue weighted by Gasteiger charge is -1.87. The van der Waals surface area contributed by atoms with Crippen molar-refractivity contribution in [3.05, 3.63) is 12.2 Å². The van der Waals surface area contributed by atoms with Gasteiger partial charge in [-0.05, 0) is 12.5 Å². The summed E-state index contributed by atoms with van der Waals surface area (Å²) < 4.78 is 4.77. The van der Waals surface area contributed by atoms with Crippen LogP contribution in [0.1, 0.15) is 6.42 Å². The Balaban J connectivity index is 2.94. The molecule has 8 heavy (non-hydrogen) atoms. The van der Waals surface area contributed by atoms with Gasteiger partial charge in [0.05, 0.1) is 0 Å². The van der Waals surface area contributed by atoms with E-state index in [1.807, 2.05) is 6.08 Å². The topological polar surface area (TPSA) is 9.23 Å². The van der Waals surface area contributed by atoms with Crippen molar-refractivity contribution in [2.45, 2.75) is 6.42 Å². The van der Waals surface area contributed by atoms with Gasteiger partial charge in [0.25, 0.3) is 0 Å². The highest BCUT2D eigenvalue weighted by molar-refractivity contribution is 5.08. The maximum Gasteiger partial charge on any atom is 0.0497 e. The van der Waals surface area contributed by atoms with E-state index in [9.17, 15) is 0 Å². The third-order valence-corrected chi connectivity index (χ3v) is 0.703. The molecule has 0 aromatic heterocycles. The lowest BCUT2D eigenvalue weighted by Crippen LogP contribution is -1.82. The van der Waals surface area contributed by atoms with Gasteiger partial charge >= 0.3 is 0 Å². The Morgan fingerprint density at radius 1 is 1.75 bits per heavy atom. The summed E-state index contributed by atoms with van der Waals surface area (Å²) in [5, 5.41) is 0. The molecule has 0 aliphatic heterocycles. The number of allylic oxidation sites excluding steroid dienone is 1. The minimum Gasteiger partial charge on any atom is -0.384 e. The van der Waals surface area contributed by atoms with Crippen molar-refractivity contribution >= 4 is 0 Å².